The second-order valence-corrected chi connectivity index (χ2v) is 13.1. The molecule has 0 saturated carbocycles. The summed E-state index contributed by atoms with van der Waals surface area (Å²) in [4.78, 5) is 0. The topological polar surface area (TPSA) is 26.0 Å². The Hall–Kier alpha value is -0.473. The van der Waals surface area contributed by atoms with Crippen molar-refractivity contribution in [1.82, 2.24) is 0 Å². The van der Waals surface area contributed by atoms with Crippen LogP contribution < -0.4 is 5.73 Å². The summed E-state index contributed by atoms with van der Waals surface area (Å²) >= 11 is 2.34. The zero-order valence-corrected chi connectivity index (χ0v) is 16.6. The summed E-state index contributed by atoms with van der Waals surface area (Å²) in [6.07, 6.45) is 0. The van der Waals surface area contributed by atoms with Crippen molar-refractivity contribution >= 4 is 36.4 Å². The highest BCUT2D eigenvalue weighted by molar-refractivity contribution is 14.1. The Morgan fingerprint density at radius 2 is 1.50 bits per heavy atom. The highest BCUT2D eigenvalue weighted by Gasteiger charge is 2.41. The highest BCUT2D eigenvalue weighted by atomic mass is 127. The molecule has 0 unspecified atom stereocenters. The Bertz CT molecular complexity index is 502. The second kappa shape index (κ2) is 6.99. The molecule has 1 aromatic carbocycles. The molecule has 0 aliphatic carbocycles. The predicted octanol–water partition coefficient (Wildman–Crippen LogP) is 5.44. The largest absolute Gasteiger partial charge is 0.399 e. The van der Waals surface area contributed by atoms with Crippen molar-refractivity contribution in [2.45, 2.75) is 58.2 Å². The first-order valence-electron chi connectivity index (χ1n) is 7.30. The molecule has 0 fully saturated rings. The first-order valence-corrected chi connectivity index (χ1v) is 10.6. The van der Waals surface area contributed by atoms with Gasteiger partial charge in [0.05, 0.1) is 0 Å². The third-order valence-electron chi connectivity index (χ3n) is 4.27. The first kappa shape index (κ1) is 17.6. The van der Waals surface area contributed by atoms with E-state index in [4.69, 9.17) is 5.73 Å². The summed E-state index contributed by atoms with van der Waals surface area (Å²) < 4.78 is 1.18. The molecule has 0 amide bonds. The van der Waals surface area contributed by atoms with Crippen molar-refractivity contribution in [3.63, 3.8) is 0 Å². The lowest BCUT2D eigenvalue weighted by Gasteiger charge is -2.38. The van der Waals surface area contributed by atoms with E-state index >= 15 is 0 Å². The van der Waals surface area contributed by atoms with Crippen LogP contribution in [0.4, 0.5) is 5.69 Å². The lowest BCUT2D eigenvalue weighted by molar-refractivity contribution is 0.838. The van der Waals surface area contributed by atoms with E-state index in [-0.39, 0.29) is 0 Å². The fourth-order valence-corrected chi connectivity index (χ4v) is 8.93. The first-order chi connectivity index (χ1) is 9.21. The van der Waals surface area contributed by atoms with Gasteiger partial charge in [-0.15, -0.1) is 5.54 Å². The Labute approximate surface area is 138 Å². The van der Waals surface area contributed by atoms with Gasteiger partial charge in [0.1, 0.15) is 8.07 Å². The van der Waals surface area contributed by atoms with Gasteiger partial charge in [0.15, 0.2) is 0 Å². The lowest BCUT2D eigenvalue weighted by atomic mass is 10.2. The van der Waals surface area contributed by atoms with E-state index in [2.05, 4.69) is 75.6 Å². The number of anilines is 1. The number of halogens is 1. The minimum atomic E-state index is -1.66. The fourth-order valence-electron chi connectivity index (χ4n) is 3.25. The van der Waals surface area contributed by atoms with Crippen LogP contribution in [0.1, 0.15) is 47.1 Å². The molecule has 110 valence electrons. The molecule has 0 spiro atoms. The van der Waals surface area contributed by atoms with Gasteiger partial charge in [-0.05, 0) is 57.4 Å². The number of hydrogen-bond acceptors (Lipinski definition) is 1. The van der Waals surface area contributed by atoms with Gasteiger partial charge < -0.3 is 5.73 Å². The van der Waals surface area contributed by atoms with Crippen molar-refractivity contribution in [1.29, 1.82) is 0 Å². The lowest BCUT2D eigenvalue weighted by Crippen LogP contribution is -2.43. The Morgan fingerprint density at radius 3 is 1.95 bits per heavy atom. The van der Waals surface area contributed by atoms with E-state index in [1.165, 1.54) is 3.57 Å². The van der Waals surface area contributed by atoms with Crippen molar-refractivity contribution in [2.24, 2.45) is 0 Å². The van der Waals surface area contributed by atoms with E-state index in [1.54, 1.807) is 0 Å². The third-order valence-corrected chi connectivity index (χ3v) is 11.5. The maximum absolute atomic E-state index is 5.89. The van der Waals surface area contributed by atoms with Crippen LogP contribution in [0, 0.1) is 15.0 Å². The van der Waals surface area contributed by atoms with Crippen LogP contribution in [-0.2, 0) is 0 Å². The molecule has 0 saturated heterocycles. The average Bonchev–Trinajstić information content (AvgIpc) is 2.32. The minimum absolute atomic E-state index is 0.661. The van der Waals surface area contributed by atoms with E-state index in [0.717, 1.165) is 11.3 Å². The van der Waals surface area contributed by atoms with Crippen LogP contribution >= 0.6 is 22.6 Å². The van der Waals surface area contributed by atoms with Gasteiger partial charge in [0, 0.05) is 14.8 Å². The van der Waals surface area contributed by atoms with E-state index in [9.17, 15) is 0 Å². The molecule has 0 heterocycles. The molecule has 0 aliphatic heterocycles. The molecule has 3 heteroatoms. The van der Waals surface area contributed by atoms with Crippen molar-refractivity contribution in [3.05, 3.63) is 27.3 Å². The van der Waals surface area contributed by atoms with Crippen LogP contribution in [0.3, 0.4) is 0 Å². The van der Waals surface area contributed by atoms with Gasteiger partial charge >= 0.3 is 0 Å². The molecule has 0 aromatic heterocycles. The molecule has 1 rings (SSSR count). The summed E-state index contributed by atoms with van der Waals surface area (Å²) in [7, 11) is -1.66. The number of nitrogens with two attached hydrogens (primary N) is 1. The van der Waals surface area contributed by atoms with Gasteiger partial charge in [-0.3, -0.25) is 0 Å². The summed E-state index contributed by atoms with van der Waals surface area (Å²) in [5, 5.41) is 0. The molecule has 0 atom stereocenters. The predicted molar refractivity (Wildman–Crippen MR) is 101 cm³/mol. The number of hydrogen-bond donors (Lipinski definition) is 1. The van der Waals surface area contributed by atoms with Crippen molar-refractivity contribution < 1.29 is 0 Å². The van der Waals surface area contributed by atoms with Crippen LogP contribution in [0.2, 0.25) is 16.6 Å². The van der Waals surface area contributed by atoms with Crippen LogP contribution in [-0.4, -0.2) is 8.07 Å². The molecule has 1 nitrogen and oxygen atoms in total. The fraction of sp³-hybridized carbons (Fsp3) is 0.529. The minimum Gasteiger partial charge on any atom is -0.399 e. The summed E-state index contributed by atoms with van der Waals surface area (Å²) in [5.41, 5.74) is 13.5. The summed E-state index contributed by atoms with van der Waals surface area (Å²) in [5.74, 6) is 3.46. The third kappa shape index (κ3) is 3.59. The quantitative estimate of drug-likeness (QED) is 0.311. The van der Waals surface area contributed by atoms with Crippen LogP contribution in [0.5, 0.6) is 0 Å². The SMILES string of the molecule is CC(C)[Si](C#Cc1cc(N)ccc1I)(C(C)C)C(C)C. The molecular formula is C17H26INSi. The molecule has 2 N–H and O–H groups in total. The van der Waals surface area contributed by atoms with E-state index < -0.39 is 8.07 Å². The van der Waals surface area contributed by atoms with Gasteiger partial charge in [-0.1, -0.05) is 47.5 Å². The maximum atomic E-state index is 5.89. The Kier molecular flexibility index (Phi) is 6.15. The van der Waals surface area contributed by atoms with Crippen LogP contribution in [0.15, 0.2) is 18.2 Å². The monoisotopic (exact) mass is 399 g/mol. The number of nitrogen functional groups attached to an aromatic ring is 1. The van der Waals surface area contributed by atoms with Crippen molar-refractivity contribution in [2.75, 3.05) is 5.73 Å². The average molecular weight is 399 g/mol. The second-order valence-electron chi connectivity index (χ2n) is 6.39. The van der Waals surface area contributed by atoms with E-state index in [0.29, 0.717) is 16.6 Å². The van der Waals surface area contributed by atoms with Crippen LogP contribution in [0.25, 0.3) is 0 Å². The zero-order chi connectivity index (χ0) is 15.5. The summed E-state index contributed by atoms with van der Waals surface area (Å²) in [6, 6.07) is 5.98. The normalized spacial score (nSPS) is 11.9. The number of rotatable bonds is 3. The highest BCUT2D eigenvalue weighted by Crippen LogP contribution is 2.40. The molecule has 1 aromatic rings. The van der Waals surface area contributed by atoms with Gasteiger partial charge in [-0.25, -0.2) is 0 Å². The molecule has 20 heavy (non-hydrogen) atoms. The maximum Gasteiger partial charge on any atom is 0.146 e. The summed E-state index contributed by atoms with van der Waals surface area (Å²) in [6.45, 7) is 14.0. The Morgan fingerprint density at radius 1 is 1.00 bits per heavy atom. The molecule has 0 radical (unpaired) electrons. The van der Waals surface area contributed by atoms with Gasteiger partial charge in [-0.2, -0.15) is 0 Å². The standard InChI is InChI=1S/C17H26INSi/c1-12(2)20(13(3)4,14(5)6)10-9-15-11-16(19)7-8-17(15)18/h7-8,11-14H,19H2,1-6H3. The molecular weight excluding hydrogens is 373 g/mol. The van der Waals surface area contributed by atoms with Gasteiger partial charge in [0.2, 0.25) is 0 Å². The number of benzene rings is 1. The zero-order valence-electron chi connectivity index (χ0n) is 13.4. The molecule has 0 bridgehead atoms. The molecule has 0 aliphatic rings. The Balaban J connectivity index is 3.34. The van der Waals surface area contributed by atoms with Gasteiger partial charge in [0.25, 0.3) is 0 Å². The van der Waals surface area contributed by atoms with Crippen molar-refractivity contribution in [3.8, 4) is 11.5 Å². The smallest absolute Gasteiger partial charge is 0.146 e. The van der Waals surface area contributed by atoms with E-state index in [1.807, 2.05) is 18.2 Å².